The lowest BCUT2D eigenvalue weighted by atomic mass is 9.89. The molecule has 0 aliphatic heterocycles. The molecule has 0 unspecified atom stereocenters. The Balaban J connectivity index is 1.80. The van der Waals surface area contributed by atoms with Gasteiger partial charge >= 0.3 is 12.2 Å². The van der Waals surface area contributed by atoms with Crippen LogP contribution in [-0.2, 0) is 6.54 Å². The molecule has 5 nitrogen and oxygen atoms in total. The first-order valence-corrected chi connectivity index (χ1v) is 6.90. The number of halogens is 3. The first-order chi connectivity index (χ1) is 9.76. The fourth-order valence-corrected chi connectivity index (χ4v) is 2.57. The number of urea groups is 1. The van der Waals surface area contributed by atoms with Gasteiger partial charge in [0.25, 0.3) is 0 Å². The molecule has 0 saturated heterocycles. The van der Waals surface area contributed by atoms with Crippen molar-refractivity contribution < 1.29 is 18.0 Å². The molecule has 1 heterocycles. The zero-order valence-electron chi connectivity index (χ0n) is 11.8. The molecule has 2 rings (SSSR count). The molecule has 1 fully saturated rings. The minimum atomic E-state index is -4.33. The van der Waals surface area contributed by atoms with Crippen molar-refractivity contribution in [1.29, 1.82) is 0 Å². The topological polar surface area (TPSA) is 59.0 Å². The molecule has 8 heteroatoms. The molecule has 2 N–H and O–H groups in total. The summed E-state index contributed by atoms with van der Waals surface area (Å²) in [7, 11) is 0. The summed E-state index contributed by atoms with van der Waals surface area (Å²) in [5.74, 6) is 0. The lowest BCUT2D eigenvalue weighted by molar-refractivity contribution is -0.142. The predicted molar refractivity (Wildman–Crippen MR) is 71.9 cm³/mol. The van der Waals surface area contributed by atoms with Crippen LogP contribution >= 0.6 is 0 Å². The van der Waals surface area contributed by atoms with Crippen LogP contribution in [0.1, 0.15) is 32.6 Å². The molecule has 1 aromatic heterocycles. The Labute approximate surface area is 120 Å². The van der Waals surface area contributed by atoms with E-state index in [2.05, 4.69) is 22.7 Å². The van der Waals surface area contributed by atoms with Crippen molar-refractivity contribution >= 4 is 11.7 Å². The van der Waals surface area contributed by atoms with E-state index in [1.54, 1.807) is 0 Å². The third-order valence-electron chi connectivity index (χ3n) is 3.72. The monoisotopic (exact) mass is 304 g/mol. The lowest BCUT2D eigenvalue weighted by Crippen LogP contribution is -2.36. The van der Waals surface area contributed by atoms with Gasteiger partial charge in [0, 0.05) is 12.7 Å². The first-order valence-electron chi connectivity index (χ1n) is 6.90. The summed E-state index contributed by atoms with van der Waals surface area (Å²) in [4.78, 5) is 11.7. The van der Waals surface area contributed by atoms with Crippen molar-refractivity contribution in [3.05, 3.63) is 12.4 Å². The van der Waals surface area contributed by atoms with Crippen LogP contribution in [0.3, 0.4) is 0 Å². The van der Waals surface area contributed by atoms with Gasteiger partial charge in [-0.05, 0) is 18.3 Å². The number of amides is 2. The van der Waals surface area contributed by atoms with E-state index in [0.717, 1.165) is 23.7 Å². The second kappa shape index (κ2) is 5.95. The van der Waals surface area contributed by atoms with Crippen molar-refractivity contribution in [2.75, 3.05) is 11.9 Å². The van der Waals surface area contributed by atoms with Crippen molar-refractivity contribution in [3.63, 3.8) is 0 Å². The number of hydrogen-bond acceptors (Lipinski definition) is 2. The van der Waals surface area contributed by atoms with E-state index < -0.39 is 18.8 Å². The van der Waals surface area contributed by atoms with E-state index in [0.29, 0.717) is 6.54 Å². The van der Waals surface area contributed by atoms with Gasteiger partial charge in [-0.2, -0.15) is 18.3 Å². The Morgan fingerprint density at radius 2 is 2.10 bits per heavy atom. The van der Waals surface area contributed by atoms with E-state index in [-0.39, 0.29) is 11.1 Å². The molecule has 0 atom stereocenters. The smallest absolute Gasteiger partial charge is 0.337 e. The number of alkyl halides is 3. The fraction of sp³-hybridized carbons (Fsp3) is 0.692. The van der Waals surface area contributed by atoms with Crippen LogP contribution in [0.2, 0.25) is 0 Å². The van der Waals surface area contributed by atoms with Gasteiger partial charge < -0.3 is 10.6 Å². The minimum Gasteiger partial charge on any atom is -0.337 e. The van der Waals surface area contributed by atoms with Crippen LogP contribution in [-0.4, -0.2) is 28.5 Å². The van der Waals surface area contributed by atoms with Crippen molar-refractivity contribution in [2.45, 2.75) is 45.3 Å². The van der Waals surface area contributed by atoms with Crippen molar-refractivity contribution in [1.82, 2.24) is 15.1 Å². The lowest BCUT2D eigenvalue weighted by Gasteiger charge is -2.23. The maximum Gasteiger partial charge on any atom is 0.408 e. The van der Waals surface area contributed by atoms with E-state index in [1.165, 1.54) is 19.0 Å². The zero-order valence-corrected chi connectivity index (χ0v) is 11.8. The molecule has 1 aromatic rings. The summed E-state index contributed by atoms with van der Waals surface area (Å²) < 4.78 is 37.3. The van der Waals surface area contributed by atoms with Gasteiger partial charge in [-0.3, -0.25) is 4.68 Å². The minimum absolute atomic E-state index is 0.123. The highest BCUT2D eigenvalue weighted by atomic mass is 19.4. The van der Waals surface area contributed by atoms with Gasteiger partial charge in [-0.25, -0.2) is 4.79 Å². The van der Waals surface area contributed by atoms with E-state index in [1.807, 2.05) is 0 Å². The third kappa shape index (κ3) is 4.95. The van der Waals surface area contributed by atoms with E-state index in [4.69, 9.17) is 0 Å². The average Bonchev–Trinajstić information content (AvgIpc) is 2.95. The van der Waals surface area contributed by atoms with Crippen molar-refractivity contribution in [2.24, 2.45) is 5.41 Å². The molecular formula is C13H19F3N4O. The second-order valence-electron chi connectivity index (χ2n) is 5.87. The summed E-state index contributed by atoms with van der Waals surface area (Å²) in [6.07, 6.45) is 2.52. The van der Waals surface area contributed by atoms with Crippen LogP contribution < -0.4 is 10.6 Å². The second-order valence-corrected chi connectivity index (χ2v) is 5.87. The summed E-state index contributed by atoms with van der Waals surface area (Å²) in [6.45, 7) is 1.52. The summed E-state index contributed by atoms with van der Waals surface area (Å²) >= 11 is 0. The summed E-state index contributed by atoms with van der Waals surface area (Å²) in [5, 5.41) is 8.81. The summed E-state index contributed by atoms with van der Waals surface area (Å²) in [6, 6.07) is -0.422. The molecule has 0 radical (unpaired) electrons. The molecule has 1 saturated carbocycles. The van der Waals surface area contributed by atoms with Crippen LogP contribution in [0.5, 0.6) is 0 Å². The molecule has 21 heavy (non-hydrogen) atoms. The van der Waals surface area contributed by atoms with E-state index >= 15 is 0 Å². The number of hydrogen-bond donors (Lipinski definition) is 2. The highest BCUT2D eigenvalue weighted by Crippen LogP contribution is 2.36. The quantitative estimate of drug-likeness (QED) is 0.897. The number of nitrogens with one attached hydrogen (secondary N) is 2. The number of carbonyl (C=O) groups is 1. The Morgan fingerprint density at radius 3 is 2.71 bits per heavy atom. The van der Waals surface area contributed by atoms with Crippen LogP contribution in [0, 0.1) is 5.41 Å². The highest BCUT2D eigenvalue weighted by Gasteiger charge is 2.29. The van der Waals surface area contributed by atoms with E-state index in [9.17, 15) is 18.0 Å². The molecule has 0 spiro atoms. The molecule has 2 amide bonds. The molecule has 0 bridgehead atoms. The standard InChI is InChI=1S/C13H19F3N4O/c1-12(4-2-3-5-12)8-17-11(21)19-10-6-18-20(7-10)9-13(14,15)16/h6-7H,2-5,8-9H2,1H3,(H2,17,19,21). The average molecular weight is 304 g/mol. The largest absolute Gasteiger partial charge is 0.408 e. The normalized spacial score (nSPS) is 17.7. The maximum absolute atomic E-state index is 12.2. The molecule has 118 valence electrons. The Kier molecular flexibility index (Phi) is 4.43. The SMILES string of the molecule is CC1(CNC(=O)Nc2cnn(CC(F)(F)F)c2)CCCC1. The predicted octanol–water partition coefficient (Wildman–Crippen LogP) is 3.15. The van der Waals surface area contributed by atoms with Gasteiger partial charge in [0.15, 0.2) is 0 Å². The van der Waals surface area contributed by atoms with Gasteiger partial charge in [0.05, 0.1) is 11.9 Å². The zero-order chi connectivity index (χ0) is 15.5. The molecule has 1 aliphatic carbocycles. The van der Waals surface area contributed by atoms with Gasteiger partial charge in [-0.1, -0.05) is 19.8 Å². The van der Waals surface area contributed by atoms with Gasteiger partial charge in [0.2, 0.25) is 0 Å². The Hall–Kier alpha value is -1.73. The van der Waals surface area contributed by atoms with Crippen LogP contribution in [0.25, 0.3) is 0 Å². The Bertz CT molecular complexity index is 492. The van der Waals surface area contributed by atoms with Crippen LogP contribution in [0.4, 0.5) is 23.7 Å². The van der Waals surface area contributed by atoms with Crippen molar-refractivity contribution in [3.8, 4) is 0 Å². The molecular weight excluding hydrogens is 285 g/mol. The Morgan fingerprint density at radius 1 is 1.43 bits per heavy atom. The van der Waals surface area contributed by atoms with Crippen LogP contribution in [0.15, 0.2) is 12.4 Å². The van der Waals surface area contributed by atoms with Gasteiger partial charge in [-0.15, -0.1) is 0 Å². The fourth-order valence-electron chi connectivity index (χ4n) is 2.57. The molecule has 1 aliphatic rings. The number of rotatable bonds is 4. The molecule has 0 aromatic carbocycles. The van der Waals surface area contributed by atoms with Gasteiger partial charge in [0.1, 0.15) is 6.54 Å². The number of nitrogens with zero attached hydrogens (tertiary/aromatic N) is 2. The summed E-state index contributed by atoms with van der Waals surface area (Å²) in [5.41, 5.74) is 0.367. The number of carbonyl (C=O) groups excluding carboxylic acids is 1. The number of aromatic nitrogens is 2. The highest BCUT2D eigenvalue weighted by molar-refractivity contribution is 5.88. The third-order valence-corrected chi connectivity index (χ3v) is 3.72. The number of anilines is 1. The first kappa shape index (κ1) is 15.7. The maximum atomic E-state index is 12.2.